The Morgan fingerprint density at radius 1 is 1.20 bits per heavy atom. The van der Waals surface area contributed by atoms with Gasteiger partial charge in [0.05, 0.1) is 12.0 Å². The Hall–Kier alpha value is -2.09. The number of aryl methyl sites for hydroxylation is 1. The lowest BCUT2D eigenvalue weighted by Crippen LogP contribution is -2.56. The number of aromatic nitrogens is 2. The second kappa shape index (κ2) is 10.1. The molecule has 188 valence electrons. The molecule has 2 aliphatic heterocycles. The highest BCUT2D eigenvalue weighted by Gasteiger charge is 2.42. The average Bonchev–Trinajstić information content (AvgIpc) is 2.74. The van der Waals surface area contributed by atoms with Gasteiger partial charge in [-0.15, -0.1) is 0 Å². The molecule has 1 aromatic carbocycles. The van der Waals surface area contributed by atoms with Gasteiger partial charge < -0.3 is 20.2 Å². The third-order valence-corrected chi connectivity index (χ3v) is 8.63. The molecule has 0 amide bonds. The van der Waals surface area contributed by atoms with Crippen molar-refractivity contribution in [2.24, 2.45) is 17.8 Å². The van der Waals surface area contributed by atoms with Crippen LogP contribution in [-0.2, 0) is 4.79 Å². The summed E-state index contributed by atoms with van der Waals surface area (Å²) in [6, 6.07) is 5.99. The van der Waals surface area contributed by atoms with E-state index in [4.69, 9.17) is 28.2 Å². The fourth-order valence-corrected chi connectivity index (χ4v) is 6.26. The minimum Gasteiger partial charge on any atom is -0.481 e. The van der Waals surface area contributed by atoms with E-state index < -0.39 is 5.97 Å². The summed E-state index contributed by atoms with van der Waals surface area (Å²) in [5, 5.41) is 13.9. The predicted molar refractivity (Wildman–Crippen MR) is 139 cm³/mol. The fourth-order valence-electron chi connectivity index (χ4n) is 5.69. The highest BCUT2D eigenvalue weighted by atomic mass is 35.5. The third-order valence-electron chi connectivity index (χ3n) is 8.07. The molecule has 0 bridgehead atoms. The first kappa shape index (κ1) is 24.6. The van der Waals surface area contributed by atoms with Crippen molar-refractivity contribution in [3.63, 3.8) is 0 Å². The van der Waals surface area contributed by atoms with Gasteiger partial charge in [-0.3, -0.25) is 4.79 Å². The Bertz CT molecular complexity index is 1090. The molecule has 3 aliphatic rings. The number of hydrogen-bond donors (Lipinski definition) is 2. The first-order valence-corrected chi connectivity index (χ1v) is 13.3. The quantitative estimate of drug-likeness (QED) is 0.517. The number of hydrogen-bond acceptors (Lipinski definition) is 6. The van der Waals surface area contributed by atoms with Crippen LogP contribution >= 0.6 is 23.2 Å². The minimum atomic E-state index is -0.637. The first-order chi connectivity index (χ1) is 16.8. The number of halogens is 2. The van der Waals surface area contributed by atoms with E-state index in [0.717, 1.165) is 61.9 Å². The molecule has 1 aromatic heterocycles. The lowest BCUT2D eigenvalue weighted by molar-refractivity contribution is -0.147. The molecule has 1 saturated carbocycles. The largest absolute Gasteiger partial charge is 0.481 e. The van der Waals surface area contributed by atoms with Crippen molar-refractivity contribution in [2.45, 2.75) is 51.6 Å². The van der Waals surface area contributed by atoms with Gasteiger partial charge in [0.15, 0.2) is 0 Å². The maximum absolute atomic E-state index is 11.2. The van der Waals surface area contributed by atoms with Crippen LogP contribution in [0.15, 0.2) is 24.4 Å². The van der Waals surface area contributed by atoms with E-state index in [9.17, 15) is 9.90 Å². The molecule has 0 radical (unpaired) electrons. The Balaban J connectivity index is 1.17. The Morgan fingerprint density at radius 3 is 2.69 bits per heavy atom. The normalized spacial score (nSPS) is 26.1. The van der Waals surface area contributed by atoms with Crippen LogP contribution in [0.1, 0.15) is 49.8 Å². The van der Waals surface area contributed by atoms with Gasteiger partial charge in [0.1, 0.15) is 5.82 Å². The minimum absolute atomic E-state index is 0.0224. The molecule has 2 aromatic rings. The maximum Gasteiger partial charge on any atom is 0.306 e. The van der Waals surface area contributed by atoms with Crippen molar-refractivity contribution in [3.8, 4) is 0 Å². The topological polar surface area (TPSA) is 81.6 Å². The molecule has 2 saturated heterocycles. The lowest BCUT2D eigenvalue weighted by Gasteiger charge is -2.50. The van der Waals surface area contributed by atoms with Crippen molar-refractivity contribution in [2.75, 3.05) is 36.4 Å². The van der Waals surface area contributed by atoms with E-state index in [1.807, 2.05) is 25.3 Å². The van der Waals surface area contributed by atoms with Crippen molar-refractivity contribution >= 4 is 40.9 Å². The summed E-state index contributed by atoms with van der Waals surface area (Å²) in [5.41, 5.74) is 1.97. The van der Waals surface area contributed by atoms with Crippen LogP contribution in [0.25, 0.3) is 0 Å². The lowest BCUT2D eigenvalue weighted by atomic mass is 9.76. The smallest absolute Gasteiger partial charge is 0.306 e. The average molecular weight is 518 g/mol. The number of piperidine rings is 1. The predicted octanol–water partition coefficient (Wildman–Crippen LogP) is 5.28. The Kier molecular flexibility index (Phi) is 7.11. The van der Waals surface area contributed by atoms with Gasteiger partial charge in [0.2, 0.25) is 5.95 Å². The van der Waals surface area contributed by atoms with Crippen LogP contribution in [0.2, 0.25) is 10.0 Å². The van der Waals surface area contributed by atoms with Gasteiger partial charge in [-0.25, -0.2) is 4.98 Å². The van der Waals surface area contributed by atoms with Gasteiger partial charge in [-0.1, -0.05) is 29.3 Å². The zero-order valence-electron chi connectivity index (χ0n) is 20.3. The molecule has 1 unspecified atom stereocenters. The van der Waals surface area contributed by atoms with Gasteiger partial charge in [-0.2, -0.15) is 4.98 Å². The highest BCUT2D eigenvalue weighted by Crippen LogP contribution is 2.38. The molecule has 35 heavy (non-hydrogen) atoms. The molecular formula is C26H33Cl2N5O2. The Morgan fingerprint density at radius 2 is 1.97 bits per heavy atom. The number of carboxylic acids is 1. The van der Waals surface area contributed by atoms with Crippen LogP contribution < -0.4 is 10.2 Å². The number of anilines is 2. The number of carbonyl (C=O) groups is 1. The van der Waals surface area contributed by atoms with E-state index in [1.165, 1.54) is 12.8 Å². The SMILES string of the molecule is Cc1cnc(N2CC(C3CCCN([C@H]4C[C@@H](C(=O)O)C4)C3)C2)nc1N[C@H](C)c1ccc(Cl)cc1Cl. The molecule has 2 N–H and O–H groups in total. The van der Waals surface area contributed by atoms with Gasteiger partial charge >= 0.3 is 5.97 Å². The standard InChI is InChI=1S/C26H33Cl2N5O2/c1-15-11-29-26(31-24(15)30-16(2)22-6-5-20(27)10-23(22)28)33-13-19(14-33)17-4-3-7-32(12-17)21-8-18(9-21)25(34)35/h5-6,10-11,16-19,21H,3-4,7-9,12-14H2,1-2H3,(H,34,35)(H,29,30,31)/t16-,17?,18-,21+/m1/s1. The zero-order chi connectivity index (χ0) is 24.7. The second-order valence-electron chi connectivity index (χ2n) is 10.5. The van der Waals surface area contributed by atoms with Crippen LogP contribution in [-0.4, -0.2) is 58.2 Å². The van der Waals surface area contributed by atoms with E-state index in [1.54, 1.807) is 6.07 Å². The number of likely N-dealkylation sites (tertiary alicyclic amines) is 1. The van der Waals surface area contributed by atoms with Crippen LogP contribution in [0.5, 0.6) is 0 Å². The van der Waals surface area contributed by atoms with Gasteiger partial charge in [0, 0.05) is 47.5 Å². The molecule has 7 nitrogen and oxygen atoms in total. The van der Waals surface area contributed by atoms with Crippen molar-refractivity contribution in [1.82, 2.24) is 14.9 Å². The highest BCUT2D eigenvalue weighted by molar-refractivity contribution is 6.35. The maximum atomic E-state index is 11.2. The van der Waals surface area contributed by atoms with Crippen LogP contribution in [0.3, 0.4) is 0 Å². The molecular weight excluding hydrogens is 485 g/mol. The summed E-state index contributed by atoms with van der Waals surface area (Å²) in [5.74, 6) is 2.11. The number of rotatable bonds is 7. The molecule has 3 heterocycles. The second-order valence-corrected chi connectivity index (χ2v) is 11.3. The Labute approximate surface area is 216 Å². The molecule has 0 spiro atoms. The number of aliphatic carboxylic acids is 1. The summed E-state index contributed by atoms with van der Waals surface area (Å²) in [6.45, 7) is 8.22. The third kappa shape index (κ3) is 5.23. The fraction of sp³-hybridized carbons (Fsp3) is 0.577. The summed E-state index contributed by atoms with van der Waals surface area (Å²) >= 11 is 12.5. The van der Waals surface area contributed by atoms with E-state index >= 15 is 0 Å². The van der Waals surface area contributed by atoms with Crippen LogP contribution in [0.4, 0.5) is 11.8 Å². The molecule has 9 heteroatoms. The molecule has 1 aliphatic carbocycles. The van der Waals surface area contributed by atoms with Gasteiger partial charge in [-0.05, 0) is 75.6 Å². The molecule has 2 atom stereocenters. The first-order valence-electron chi connectivity index (χ1n) is 12.6. The summed E-state index contributed by atoms with van der Waals surface area (Å²) in [7, 11) is 0. The monoisotopic (exact) mass is 517 g/mol. The summed E-state index contributed by atoms with van der Waals surface area (Å²) < 4.78 is 0. The number of nitrogens with one attached hydrogen (secondary N) is 1. The number of carboxylic acid groups (broad SMARTS) is 1. The number of nitrogens with zero attached hydrogens (tertiary/aromatic N) is 4. The summed E-state index contributed by atoms with van der Waals surface area (Å²) in [6.07, 6.45) is 5.96. The molecule has 5 rings (SSSR count). The molecule has 3 fully saturated rings. The van der Waals surface area contributed by atoms with E-state index in [-0.39, 0.29) is 12.0 Å². The zero-order valence-corrected chi connectivity index (χ0v) is 21.8. The van der Waals surface area contributed by atoms with Crippen molar-refractivity contribution in [3.05, 3.63) is 45.6 Å². The van der Waals surface area contributed by atoms with Crippen molar-refractivity contribution < 1.29 is 9.90 Å². The van der Waals surface area contributed by atoms with E-state index in [0.29, 0.717) is 27.9 Å². The van der Waals surface area contributed by atoms with Gasteiger partial charge in [0.25, 0.3) is 0 Å². The number of benzene rings is 1. The summed E-state index contributed by atoms with van der Waals surface area (Å²) in [4.78, 5) is 25.4. The van der Waals surface area contributed by atoms with Crippen LogP contribution in [0, 0.1) is 24.7 Å². The van der Waals surface area contributed by atoms with E-state index in [2.05, 4.69) is 27.0 Å². The van der Waals surface area contributed by atoms with Crippen molar-refractivity contribution in [1.29, 1.82) is 0 Å².